The zero-order valence-electron chi connectivity index (χ0n) is 10.1. The Hall–Kier alpha value is -0.0800. The summed E-state index contributed by atoms with van der Waals surface area (Å²) in [7, 11) is 0. The van der Waals surface area contributed by atoms with Gasteiger partial charge < -0.3 is 10.2 Å². The largest absolute Gasteiger partial charge is 0.396 e. The molecule has 2 N–H and O–H groups in total. The fourth-order valence-electron chi connectivity index (χ4n) is 0.935. The molecule has 0 rings (SSSR count). The van der Waals surface area contributed by atoms with Crippen molar-refractivity contribution in [3.8, 4) is 0 Å². The number of hydrogen-bond donors (Lipinski definition) is 2. The van der Waals surface area contributed by atoms with Crippen LogP contribution in [0.25, 0.3) is 0 Å². The number of aliphatic hydroxyl groups excluding tert-OH is 1. The molecule has 0 spiro atoms. The third-order valence-electron chi connectivity index (χ3n) is 1.57. The van der Waals surface area contributed by atoms with Crippen molar-refractivity contribution in [2.24, 2.45) is 0 Å². The van der Waals surface area contributed by atoms with E-state index in [2.05, 4.69) is 0 Å². The van der Waals surface area contributed by atoms with Crippen LogP contribution in [0.3, 0.4) is 0 Å². The molecule has 11 heavy (non-hydrogen) atoms. The summed E-state index contributed by atoms with van der Waals surface area (Å²) in [6.07, 6.45) is 3.45. The molecule has 0 aromatic heterocycles. The maximum Gasteiger partial charge on any atom is 0.0591 e. The minimum absolute atomic E-state index is 0.176. The van der Waals surface area contributed by atoms with Gasteiger partial charge in [-0.3, -0.25) is 0 Å². The molecule has 0 radical (unpaired) electrons. The second-order valence-electron chi connectivity index (χ2n) is 3.16. The summed E-state index contributed by atoms with van der Waals surface area (Å²) >= 11 is 0. The van der Waals surface area contributed by atoms with Crippen LogP contribution in [-0.2, 0) is 0 Å². The zero-order valence-corrected chi connectivity index (χ0v) is 7.14. The van der Waals surface area contributed by atoms with Crippen molar-refractivity contribution < 1.29 is 14.3 Å². The van der Waals surface area contributed by atoms with Gasteiger partial charge >= 0.3 is 0 Å². The van der Waals surface area contributed by atoms with Gasteiger partial charge in [0.15, 0.2) is 0 Å². The van der Waals surface area contributed by atoms with Crippen molar-refractivity contribution in [1.29, 1.82) is 0 Å². The third kappa shape index (κ3) is 9.92. The lowest BCUT2D eigenvalue weighted by Gasteiger charge is -2.16. The maximum atomic E-state index is 9.60. The first kappa shape index (κ1) is 6.44. The van der Waals surface area contributed by atoms with E-state index in [-0.39, 0.29) is 13.0 Å². The molecule has 1 unspecified atom stereocenters. The van der Waals surface area contributed by atoms with Gasteiger partial charge in [-0.2, -0.15) is 0 Å². The predicted molar refractivity (Wildman–Crippen MR) is 46.5 cm³/mol. The Morgan fingerprint density at radius 2 is 1.91 bits per heavy atom. The molecule has 0 aromatic rings. The van der Waals surface area contributed by atoms with Crippen LogP contribution in [0.5, 0.6) is 0 Å². The Morgan fingerprint density at radius 3 is 2.45 bits per heavy atom. The van der Waals surface area contributed by atoms with Crippen molar-refractivity contribution in [3.63, 3.8) is 0 Å². The molecule has 0 aliphatic heterocycles. The van der Waals surface area contributed by atoms with Crippen molar-refractivity contribution in [1.82, 2.24) is 0 Å². The second-order valence-corrected chi connectivity index (χ2v) is 3.16. The fraction of sp³-hybridized carbons (Fsp3) is 1.00. The number of rotatable bonds is 6. The minimum Gasteiger partial charge on any atom is -0.396 e. The summed E-state index contributed by atoms with van der Waals surface area (Å²) in [6.45, 7) is -0.772. The van der Waals surface area contributed by atoms with E-state index < -0.39 is 12.5 Å². The molecule has 0 heterocycles. The molecule has 0 bridgehead atoms. The lowest BCUT2D eigenvalue weighted by molar-refractivity contribution is 0.0679. The normalized spacial score (nSPS) is 21.5. The average Bonchev–Trinajstić information content (AvgIpc) is 2.02. The van der Waals surface area contributed by atoms with E-state index >= 15 is 0 Å². The number of hydrogen-bond acceptors (Lipinski definition) is 2. The Bertz CT molecular complexity index is 155. The molecule has 2 nitrogen and oxygen atoms in total. The average molecular weight is 163 g/mol. The summed E-state index contributed by atoms with van der Waals surface area (Å²) in [4.78, 5) is 0. The molecule has 2 heteroatoms. The van der Waals surface area contributed by atoms with E-state index in [0.29, 0.717) is 6.42 Å². The molecule has 0 aromatic carbocycles. The second kappa shape index (κ2) is 5.56. The van der Waals surface area contributed by atoms with Gasteiger partial charge in [0.05, 0.1) is 5.60 Å². The summed E-state index contributed by atoms with van der Waals surface area (Å²) in [6, 6.07) is 0. The van der Waals surface area contributed by atoms with Crippen LogP contribution in [0.2, 0.25) is 0 Å². The Morgan fingerprint density at radius 1 is 1.27 bits per heavy atom. The summed E-state index contributed by atoms with van der Waals surface area (Å²) in [5, 5.41) is 18.1. The fourth-order valence-corrected chi connectivity index (χ4v) is 0.935. The highest BCUT2D eigenvalue weighted by atomic mass is 16.3. The molecule has 0 fully saturated rings. The monoisotopic (exact) mass is 163 g/mol. The van der Waals surface area contributed by atoms with Crippen molar-refractivity contribution >= 4 is 0 Å². The minimum atomic E-state index is -2.30. The third-order valence-corrected chi connectivity index (χ3v) is 1.57. The topological polar surface area (TPSA) is 40.5 Å². The van der Waals surface area contributed by atoms with Gasteiger partial charge in [0, 0.05) is 10.7 Å². The van der Waals surface area contributed by atoms with Crippen molar-refractivity contribution in [2.75, 3.05) is 6.61 Å². The standard InChI is InChI=1S/C9H20O2/c1-9(2,11)7-5-3-4-6-8-10/h10-11H,3-8H2,1-2H3/i1D3. The first-order chi connectivity index (χ1) is 6.31. The van der Waals surface area contributed by atoms with Gasteiger partial charge in [0.2, 0.25) is 0 Å². The van der Waals surface area contributed by atoms with Crippen LogP contribution in [0.1, 0.15) is 50.0 Å². The SMILES string of the molecule is [2H]C([2H])([2H])C(C)(O)CCCCCCO. The van der Waals surface area contributed by atoms with E-state index in [4.69, 9.17) is 9.22 Å². The highest BCUT2D eigenvalue weighted by Gasteiger charge is 2.10. The van der Waals surface area contributed by atoms with Gasteiger partial charge in [-0.05, 0) is 26.6 Å². The van der Waals surface area contributed by atoms with Gasteiger partial charge in [0.1, 0.15) is 0 Å². The maximum absolute atomic E-state index is 9.60. The first-order valence-electron chi connectivity index (χ1n) is 5.64. The van der Waals surface area contributed by atoms with Gasteiger partial charge in [-0.1, -0.05) is 19.3 Å². The number of aliphatic hydroxyl groups is 2. The van der Waals surface area contributed by atoms with E-state index in [9.17, 15) is 5.11 Å². The molecule has 0 amide bonds. The lowest BCUT2D eigenvalue weighted by atomic mass is 10.0. The van der Waals surface area contributed by atoms with Crippen LogP contribution in [-0.4, -0.2) is 22.4 Å². The van der Waals surface area contributed by atoms with E-state index in [1.807, 2.05) is 0 Å². The van der Waals surface area contributed by atoms with Crippen LogP contribution in [0.4, 0.5) is 0 Å². The van der Waals surface area contributed by atoms with Crippen LogP contribution in [0.15, 0.2) is 0 Å². The van der Waals surface area contributed by atoms with E-state index in [1.54, 1.807) is 0 Å². The summed E-state index contributed by atoms with van der Waals surface area (Å²) in [5.74, 6) is 0. The summed E-state index contributed by atoms with van der Waals surface area (Å²) in [5.41, 5.74) is -1.58. The Kier molecular flexibility index (Phi) is 3.25. The molecule has 1 atom stereocenters. The van der Waals surface area contributed by atoms with Gasteiger partial charge in [-0.25, -0.2) is 0 Å². The van der Waals surface area contributed by atoms with Crippen molar-refractivity contribution in [3.05, 3.63) is 0 Å². The predicted octanol–water partition coefficient (Wildman–Crippen LogP) is 1.70. The molecular weight excluding hydrogens is 140 g/mol. The Balaban J connectivity index is 3.67. The highest BCUT2D eigenvalue weighted by Crippen LogP contribution is 2.13. The van der Waals surface area contributed by atoms with Gasteiger partial charge in [0.25, 0.3) is 0 Å². The molecular formula is C9H20O2. The highest BCUT2D eigenvalue weighted by molar-refractivity contribution is 4.64. The quantitative estimate of drug-likeness (QED) is 0.585. The molecule has 68 valence electrons. The molecule has 0 aliphatic carbocycles. The van der Waals surface area contributed by atoms with Crippen LogP contribution in [0, 0.1) is 0 Å². The van der Waals surface area contributed by atoms with Gasteiger partial charge in [-0.15, -0.1) is 0 Å². The molecule has 0 aliphatic rings. The lowest BCUT2D eigenvalue weighted by Crippen LogP contribution is -2.17. The molecule has 0 saturated carbocycles. The Labute approximate surface area is 73.5 Å². The van der Waals surface area contributed by atoms with Crippen LogP contribution < -0.4 is 0 Å². The smallest absolute Gasteiger partial charge is 0.0591 e. The van der Waals surface area contributed by atoms with E-state index in [0.717, 1.165) is 19.3 Å². The van der Waals surface area contributed by atoms with Crippen LogP contribution >= 0.6 is 0 Å². The number of unbranched alkanes of at least 4 members (excludes halogenated alkanes) is 3. The van der Waals surface area contributed by atoms with E-state index in [1.165, 1.54) is 6.92 Å². The van der Waals surface area contributed by atoms with Crippen molar-refractivity contribution in [2.45, 2.75) is 51.5 Å². The molecule has 0 saturated heterocycles. The summed E-state index contributed by atoms with van der Waals surface area (Å²) < 4.78 is 21.3. The first-order valence-corrected chi connectivity index (χ1v) is 4.14. The zero-order chi connectivity index (χ0) is 11.2.